The Labute approximate surface area is 145 Å². The molecule has 1 aliphatic heterocycles. The minimum atomic E-state index is -0.427. The Morgan fingerprint density at radius 2 is 1.96 bits per heavy atom. The lowest BCUT2D eigenvalue weighted by Crippen LogP contribution is -2.43. The Bertz CT molecular complexity index is 638. The first-order chi connectivity index (χ1) is 10.8. The van der Waals surface area contributed by atoms with Crippen LogP contribution < -0.4 is 10.9 Å². The van der Waals surface area contributed by atoms with E-state index < -0.39 is 5.92 Å². The number of aldehydes is 1. The number of anilines is 1. The zero-order valence-electron chi connectivity index (χ0n) is 13.8. The maximum Gasteiger partial charge on any atom is 0.204 e. The molecule has 1 saturated heterocycles. The predicted molar refractivity (Wildman–Crippen MR) is 94.9 cm³/mol. The lowest BCUT2D eigenvalue weighted by Gasteiger charge is -2.31. The van der Waals surface area contributed by atoms with Gasteiger partial charge in [-0.2, -0.15) is 0 Å². The number of nitrogens with zero attached hydrogens (tertiary/aromatic N) is 1. The van der Waals surface area contributed by atoms with Crippen molar-refractivity contribution in [3.8, 4) is 0 Å². The lowest BCUT2D eigenvalue weighted by atomic mass is 9.82. The molecule has 1 aromatic rings. The summed E-state index contributed by atoms with van der Waals surface area (Å²) in [6.45, 7) is 6.54. The van der Waals surface area contributed by atoms with E-state index in [2.05, 4.69) is 31.7 Å². The van der Waals surface area contributed by atoms with E-state index in [1.807, 2.05) is 52.1 Å². The molecule has 1 atom stereocenters. The summed E-state index contributed by atoms with van der Waals surface area (Å²) in [7, 11) is 1.97. The van der Waals surface area contributed by atoms with Crippen molar-refractivity contribution in [1.82, 2.24) is 10.3 Å². The number of hydrogen-bond donors (Lipinski definition) is 2. The Morgan fingerprint density at radius 3 is 2.52 bits per heavy atom. The smallest absolute Gasteiger partial charge is 0.204 e. The van der Waals surface area contributed by atoms with E-state index in [9.17, 15) is 9.59 Å². The van der Waals surface area contributed by atoms with Gasteiger partial charge in [-0.15, -0.1) is 0 Å². The van der Waals surface area contributed by atoms with E-state index in [1.165, 1.54) is 0 Å². The van der Waals surface area contributed by atoms with Crippen LogP contribution in [-0.4, -0.2) is 36.1 Å². The highest BCUT2D eigenvalue weighted by Gasteiger charge is 2.47. The highest BCUT2D eigenvalue weighted by molar-refractivity contribution is 9.10. The highest BCUT2D eigenvalue weighted by atomic mass is 79.9. The van der Waals surface area contributed by atoms with Crippen LogP contribution in [0, 0.1) is 5.92 Å². The maximum atomic E-state index is 12.1. The number of allylic oxidation sites excluding steroid dienone is 1. The van der Waals surface area contributed by atoms with Gasteiger partial charge < -0.3 is 10.9 Å². The topological polar surface area (TPSA) is 61.4 Å². The second-order valence-corrected chi connectivity index (χ2v) is 7.29. The molecule has 1 unspecified atom stereocenters. The van der Waals surface area contributed by atoms with E-state index in [1.54, 1.807) is 0 Å². The number of benzene rings is 1. The molecule has 0 aromatic heterocycles. The fourth-order valence-electron chi connectivity index (χ4n) is 2.90. The van der Waals surface area contributed by atoms with E-state index >= 15 is 0 Å². The predicted octanol–water partition coefficient (Wildman–Crippen LogP) is 2.75. The first-order valence-electron chi connectivity index (χ1n) is 7.45. The van der Waals surface area contributed by atoms with Gasteiger partial charge in [0.1, 0.15) is 0 Å². The third kappa shape index (κ3) is 3.64. The average Bonchev–Trinajstić information content (AvgIpc) is 2.76. The molecule has 124 valence electrons. The molecule has 0 radical (unpaired) electrons. The van der Waals surface area contributed by atoms with Crippen LogP contribution in [0.1, 0.15) is 20.8 Å². The van der Waals surface area contributed by atoms with E-state index in [-0.39, 0.29) is 11.3 Å². The first-order valence-corrected chi connectivity index (χ1v) is 8.24. The van der Waals surface area contributed by atoms with E-state index in [0.29, 0.717) is 12.8 Å². The normalized spacial score (nSPS) is 22.6. The van der Waals surface area contributed by atoms with Crippen molar-refractivity contribution in [2.45, 2.75) is 26.3 Å². The van der Waals surface area contributed by atoms with Crippen LogP contribution in [0.2, 0.25) is 0 Å². The number of halogens is 1. The Kier molecular flexibility index (Phi) is 5.26. The number of hydrogen-bond acceptors (Lipinski definition) is 5. The van der Waals surface area contributed by atoms with Gasteiger partial charge in [0.2, 0.25) is 5.78 Å². The monoisotopic (exact) mass is 379 g/mol. The van der Waals surface area contributed by atoms with Crippen molar-refractivity contribution in [2.75, 3.05) is 19.0 Å². The second-order valence-electron chi connectivity index (χ2n) is 6.37. The number of likely N-dealkylation sites (tertiary alicyclic amines) is 1. The molecular weight excluding hydrogens is 358 g/mol. The molecule has 0 amide bonds. The van der Waals surface area contributed by atoms with Crippen LogP contribution in [0.25, 0.3) is 0 Å². The largest absolute Gasteiger partial charge is 0.305 e. The standard InChI is InChI=1S/C17H22BrN3O2/c1-11(19-20-13-7-5-12(18)6-8-13)14-9-21(4)17(2,3)16(14)15(23)10-22/h5-8,10,16,19-20H,9H2,1-4H3. The average molecular weight is 380 g/mol. The zero-order valence-corrected chi connectivity index (χ0v) is 15.4. The number of hydrazine groups is 1. The van der Waals surface area contributed by atoms with Gasteiger partial charge >= 0.3 is 0 Å². The quantitative estimate of drug-likeness (QED) is 0.467. The van der Waals surface area contributed by atoms with Gasteiger partial charge in [-0.05, 0) is 57.7 Å². The molecule has 23 heavy (non-hydrogen) atoms. The molecule has 0 saturated carbocycles. The third-order valence-corrected chi connectivity index (χ3v) is 5.10. The second kappa shape index (κ2) is 6.84. The highest BCUT2D eigenvalue weighted by Crippen LogP contribution is 2.38. The van der Waals surface area contributed by atoms with Crippen molar-refractivity contribution in [1.29, 1.82) is 0 Å². The number of ketones is 1. The van der Waals surface area contributed by atoms with Gasteiger partial charge in [-0.1, -0.05) is 15.9 Å². The number of carbonyl (C=O) groups is 2. The van der Waals surface area contributed by atoms with Gasteiger partial charge in [-0.25, -0.2) is 0 Å². The molecule has 6 heteroatoms. The Morgan fingerprint density at radius 1 is 1.35 bits per heavy atom. The fourth-order valence-corrected chi connectivity index (χ4v) is 3.16. The Balaban J connectivity index is 2.21. The summed E-state index contributed by atoms with van der Waals surface area (Å²) in [6, 6.07) is 7.76. The molecule has 1 aliphatic rings. The number of Topliss-reactive ketones (excluding diaryl/α,β-unsaturated/α-hetero) is 1. The molecule has 0 bridgehead atoms. The summed E-state index contributed by atoms with van der Waals surface area (Å²) in [6.07, 6.45) is 0.432. The third-order valence-electron chi connectivity index (χ3n) is 4.57. The number of rotatable bonds is 5. The lowest BCUT2D eigenvalue weighted by molar-refractivity contribution is -0.133. The van der Waals surface area contributed by atoms with Gasteiger partial charge in [0.15, 0.2) is 6.29 Å². The Hall–Kier alpha value is -1.66. The number of nitrogens with one attached hydrogen (secondary N) is 2. The van der Waals surface area contributed by atoms with Crippen molar-refractivity contribution >= 4 is 33.7 Å². The zero-order chi connectivity index (χ0) is 17.2. The van der Waals surface area contributed by atoms with E-state index in [0.717, 1.165) is 21.4 Å². The fraction of sp³-hybridized carbons (Fsp3) is 0.412. The molecule has 0 spiro atoms. The maximum absolute atomic E-state index is 12.1. The number of likely N-dealkylation sites (N-methyl/N-ethyl adjacent to an activating group) is 1. The summed E-state index contributed by atoms with van der Waals surface area (Å²) in [5.41, 5.74) is 8.61. The molecule has 2 N–H and O–H groups in total. The van der Waals surface area contributed by atoms with Crippen LogP contribution in [0.4, 0.5) is 5.69 Å². The van der Waals surface area contributed by atoms with Crippen molar-refractivity contribution in [3.05, 3.63) is 40.0 Å². The molecule has 5 nitrogen and oxygen atoms in total. The molecule has 0 aliphatic carbocycles. The van der Waals surface area contributed by atoms with Crippen LogP contribution >= 0.6 is 15.9 Å². The minimum Gasteiger partial charge on any atom is -0.305 e. The van der Waals surface area contributed by atoms with Crippen LogP contribution in [0.3, 0.4) is 0 Å². The molecule has 1 fully saturated rings. The molecular formula is C17H22BrN3O2. The SMILES string of the molecule is CC(NNc1ccc(Br)cc1)=C1CN(C)C(C)(C)C1C(=O)C=O. The summed E-state index contributed by atoms with van der Waals surface area (Å²) in [5, 5.41) is 0. The van der Waals surface area contributed by atoms with Crippen molar-refractivity contribution in [2.24, 2.45) is 5.92 Å². The number of carbonyl (C=O) groups excluding carboxylic acids is 2. The minimum absolute atomic E-state index is 0.376. The summed E-state index contributed by atoms with van der Waals surface area (Å²) in [5.74, 6) is -0.802. The van der Waals surface area contributed by atoms with Crippen LogP contribution in [-0.2, 0) is 9.59 Å². The summed E-state index contributed by atoms with van der Waals surface area (Å²) >= 11 is 3.40. The van der Waals surface area contributed by atoms with Gasteiger partial charge in [0.25, 0.3) is 0 Å². The van der Waals surface area contributed by atoms with Crippen molar-refractivity contribution in [3.63, 3.8) is 0 Å². The van der Waals surface area contributed by atoms with Gasteiger partial charge in [-0.3, -0.25) is 14.5 Å². The molecule has 1 heterocycles. The van der Waals surface area contributed by atoms with Crippen LogP contribution in [0.5, 0.6) is 0 Å². The van der Waals surface area contributed by atoms with Gasteiger partial charge in [0.05, 0.1) is 11.6 Å². The van der Waals surface area contributed by atoms with Crippen LogP contribution in [0.15, 0.2) is 40.0 Å². The summed E-state index contributed by atoms with van der Waals surface area (Å²) < 4.78 is 1.01. The molecule has 2 rings (SSSR count). The molecule has 1 aromatic carbocycles. The van der Waals surface area contributed by atoms with E-state index in [4.69, 9.17) is 0 Å². The summed E-state index contributed by atoms with van der Waals surface area (Å²) in [4.78, 5) is 25.3. The van der Waals surface area contributed by atoms with Crippen molar-refractivity contribution < 1.29 is 9.59 Å². The first kappa shape index (κ1) is 17.7. The van der Waals surface area contributed by atoms with Gasteiger partial charge in [0, 0.05) is 22.3 Å².